The van der Waals surface area contributed by atoms with E-state index in [9.17, 15) is 19.6 Å². The summed E-state index contributed by atoms with van der Waals surface area (Å²) < 4.78 is 13.4. The second kappa shape index (κ2) is 6.61. The van der Waals surface area contributed by atoms with Crippen LogP contribution in [0.4, 0.5) is 21.5 Å². The summed E-state index contributed by atoms with van der Waals surface area (Å²) in [5, 5.41) is 31.1. The molecule has 2 aromatic carbocycles. The molecule has 0 bridgehead atoms. The van der Waals surface area contributed by atoms with Crippen LogP contribution in [0.1, 0.15) is 0 Å². The molecule has 10 heteroatoms. The lowest BCUT2D eigenvalue weighted by Gasteiger charge is -2.03. The summed E-state index contributed by atoms with van der Waals surface area (Å²) in [6.07, 6.45) is 0. The molecular formula is C15H10FN5O3S. The smallest absolute Gasteiger partial charge is 0.292 e. The molecule has 3 rings (SSSR count). The number of nitrogens with one attached hydrogen (secondary N) is 2. The van der Waals surface area contributed by atoms with Crippen LogP contribution in [0.25, 0.3) is 10.9 Å². The van der Waals surface area contributed by atoms with Crippen LogP contribution in [0, 0.1) is 15.9 Å². The van der Waals surface area contributed by atoms with Gasteiger partial charge in [-0.15, -0.1) is 10.2 Å². The summed E-state index contributed by atoms with van der Waals surface area (Å²) in [7, 11) is 0. The van der Waals surface area contributed by atoms with E-state index in [1.165, 1.54) is 36.4 Å². The van der Waals surface area contributed by atoms with Crippen molar-refractivity contribution in [2.45, 2.75) is 0 Å². The van der Waals surface area contributed by atoms with Crippen molar-refractivity contribution in [2.75, 3.05) is 5.32 Å². The lowest BCUT2D eigenvalue weighted by Crippen LogP contribution is -2.07. The van der Waals surface area contributed by atoms with E-state index in [1.807, 2.05) is 0 Å². The fourth-order valence-electron chi connectivity index (χ4n) is 2.21. The van der Waals surface area contributed by atoms with Gasteiger partial charge in [-0.05, 0) is 36.5 Å². The zero-order valence-electron chi connectivity index (χ0n) is 12.4. The maximum absolute atomic E-state index is 13.4. The molecule has 1 heterocycles. The SMILES string of the molecule is O=[N+]([O-])c1ccccc1NC(=S)N=Nc1c(O)[nH]c2ccc(F)cc12. The number of nitrogens with zero attached hydrogens (tertiary/aromatic N) is 3. The molecule has 0 saturated heterocycles. The van der Waals surface area contributed by atoms with Crippen molar-refractivity contribution >= 4 is 45.3 Å². The summed E-state index contributed by atoms with van der Waals surface area (Å²) in [4.78, 5) is 13.0. The predicted molar refractivity (Wildman–Crippen MR) is 93.8 cm³/mol. The number of hydrogen-bond acceptors (Lipinski definition) is 5. The molecule has 0 unspecified atom stereocenters. The average molecular weight is 359 g/mol. The van der Waals surface area contributed by atoms with Gasteiger partial charge in [0.25, 0.3) is 5.69 Å². The van der Waals surface area contributed by atoms with E-state index in [2.05, 4.69) is 20.5 Å². The Labute approximate surface area is 145 Å². The number of rotatable bonds is 3. The van der Waals surface area contributed by atoms with Gasteiger partial charge < -0.3 is 15.4 Å². The zero-order valence-corrected chi connectivity index (χ0v) is 13.2. The summed E-state index contributed by atoms with van der Waals surface area (Å²) in [5.41, 5.74) is 0.481. The lowest BCUT2D eigenvalue weighted by molar-refractivity contribution is -0.383. The highest BCUT2D eigenvalue weighted by Crippen LogP contribution is 2.35. The fourth-order valence-corrected chi connectivity index (χ4v) is 2.36. The number of halogens is 1. The molecule has 3 aromatic rings. The molecule has 0 saturated carbocycles. The van der Waals surface area contributed by atoms with Gasteiger partial charge in [0.1, 0.15) is 11.5 Å². The number of fused-ring (bicyclic) bond motifs is 1. The Morgan fingerprint density at radius 2 is 2.08 bits per heavy atom. The highest BCUT2D eigenvalue weighted by molar-refractivity contribution is 7.80. The first-order valence-electron chi connectivity index (χ1n) is 6.92. The number of aromatic hydroxyl groups is 1. The minimum absolute atomic E-state index is 0.0150. The molecule has 1 aromatic heterocycles. The minimum atomic E-state index is -0.559. The Balaban J connectivity index is 1.86. The Kier molecular flexibility index (Phi) is 4.35. The summed E-state index contributed by atoms with van der Waals surface area (Å²) >= 11 is 4.99. The van der Waals surface area contributed by atoms with Crippen molar-refractivity contribution in [3.05, 3.63) is 58.4 Å². The van der Waals surface area contributed by atoms with Crippen LogP contribution in [0.2, 0.25) is 0 Å². The van der Waals surface area contributed by atoms with E-state index < -0.39 is 10.7 Å². The first-order valence-corrected chi connectivity index (χ1v) is 7.33. The number of aromatic amines is 1. The minimum Gasteiger partial charge on any atom is -0.493 e. The van der Waals surface area contributed by atoms with E-state index >= 15 is 0 Å². The van der Waals surface area contributed by atoms with Crippen LogP contribution < -0.4 is 5.32 Å². The van der Waals surface area contributed by atoms with Gasteiger partial charge in [-0.1, -0.05) is 12.1 Å². The maximum atomic E-state index is 13.4. The third-order valence-electron chi connectivity index (χ3n) is 3.30. The molecule has 0 aliphatic rings. The normalized spacial score (nSPS) is 11.1. The van der Waals surface area contributed by atoms with Gasteiger partial charge in [-0.3, -0.25) is 10.1 Å². The third-order valence-corrected chi connectivity index (χ3v) is 3.48. The van der Waals surface area contributed by atoms with E-state index in [4.69, 9.17) is 12.2 Å². The Bertz CT molecular complexity index is 1020. The molecular weight excluding hydrogens is 349 g/mol. The molecule has 0 aliphatic heterocycles. The summed E-state index contributed by atoms with van der Waals surface area (Å²) in [6.45, 7) is 0. The first kappa shape index (κ1) is 16.5. The van der Waals surface area contributed by atoms with Crippen LogP contribution in [-0.4, -0.2) is 20.1 Å². The van der Waals surface area contributed by atoms with Crippen LogP contribution in [0.5, 0.6) is 5.88 Å². The van der Waals surface area contributed by atoms with E-state index in [1.54, 1.807) is 6.07 Å². The number of benzene rings is 2. The van der Waals surface area contributed by atoms with E-state index in [0.717, 1.165) is 0 Å². The number of para-hydroxylation sites is 2. The molecule has 126 valence electrons. The summed E-state index contributed by atoms with van der Waals surface area (Å²) in [5.74, 6) is -0.790. The number of H-pyrrole nitrogens is 1. The van der Waals surface area contributed by atoms with Crippen LogP contribution in [-0.2, 0) is 0 Å². The standard InChI is InChI=1S/C15H10FN5O3S/c16-8-5-6-10-9(7-8)13(14(22)17-10)19-20-15(25)18-11-3-1-2-4-12(11)21(23)24/h1-7,17,22H,(H,18,25). The number of thiocarbonyl (C=S) groups is 1. The maximum Gasteiger partial charge on any atom is 0.292 e. The van der Waals surface area contributed by atoms with Gasteiger partial charge in [0.05, 0.1) is 10.4 Å². The van der Waals surface area contributed by atoms with Crippen molar-refractivity contribution in [2.24, 2.45) is 10.2 Å². The number of nitro groups is 1. The predicted octanol–water partition coefficient (Wildman–Crippen LogP) is 4.40. The van der Waals surface area contributed by atoms with Gasteiger partial charge in [-0.2, -0.15) is 0 Å². The number of azo groups is 1. The van der Waals surface area contributed by atoms with Crippen molar-refractivity contribution < 1.29 is 14.4 Å². The molecule has 0 atom stereocenters. The molecule has 8 nitrogen and oxygen atoms in total. The van der Waals surface area contributed by atoms with Gasteiger partial charge in [0, 0.05) is 11.5 Å². The van der Waals surface area contributed by atoms with Crippen molar-refractivity contribution in [3.63, 3.8) is 0 Å². The topological polar surface area (TPSA) is 116 Å². The molecule has 25 heavy (non-hydrogen) atoms. The quantitative estimate of drug-likeness (QED) is 0.277. The molecule has 0 amide bonds. The number of nitro benzene ring substituents is 1. The van der Waals surface area contributed by atoms with E-state index in [-0.39, 0.29) is 28.1 Å². The monoisotopic (exact) mass is 359 g/mol. The lowest BCUT2D eigenvalue weighted by atomic mass is 10.2. The van der Waals surface area contributed by atoms with E-state index in [0.29, 0.717) is 10.9 Å². The Morgan fingerprint density at radius 1 is 1.32 bits per heavy atom. The molecule has 0 aliphatic carbocycles. The highest BCUT2D eigenvalue weighted by Gasteiger charge is 2.14. The third kappa shape index (κ3) is 3.43. The largest absolute Gasteiger partial charge is 0.493 e. The molecule has 0 fully saturated rings. The second-order valence-corrected chi connectivity index (χ2v) is 5.30. The van der Waals surface area contributed by atoms with Crippen molar-refractivity contribution in [1.29, 1.82) is 0 Å². The Hall–Kier alpha value is -3.40. The Morgan fingerprint density at radius 3 is 2.84 bits per heavy atom. The molecule has 0 spiro atoms. The first-order chi connectivity index (χ1) is 12.0. The van der Waals surface area contributed by atoms with Gasteiger partial charge in [0.2, 0.25) is 11.0 Å². The second-order valence-electron chi connectivity index (χ2n) is 4.92. The van der Waals surface area contributed by atoms with Gasteiger partial charge in [-0.25, -0.2) is 4.39 Å². The van der Waals surface area contributed by atoms with Crippen molar-refractivity contribution in [3.8, 4) is 5.88 Å². The van der Waals surface area contributed by atoms with Crippen molar-refractivity contribution in [1.82, 2.24) is 4.98 Å². The van der Waals surface area contributed by atoms with Crippen LogP contribution in [0.3, 0.4) is 0 Å². The van der Waals surface area contributed by atoms with Gasteiger partial charge >= 0.3 is 0 Å². The highest BCUT2D eigenvalue weighted by atomic mass is 32.1. The number of anilines is 1. The van der Waals surface area contributed by atoms with Crippen LogP contribution in [0.15, 0.2) is 52.7 Å². The number of hydrogen-bond donors (Lipinski definition) is 3. The van der Waals surface area contributed by atoms with Gasteiger partial charge in [0.15, 0.2) is 5.69 Å². The van der Waals surface area contributed by atoms with Crippen LogP contribution >= 0.6 is 12.2 Å². The zero-order chi connectivity index (χ0) is 18.0. The molecule has 3 N–H and O–H groups in total. The fraction of sp³-hybridized carbons (Fsp3) is 0. The molecule has 0 radical (unpaired) electrons. The average Bonchev–Trinajstić information content (AvgIpc) is 2.88. The number of aromatic nitrogens is 1. The summed E-state index contributed by atoms with van der Waals surface area (Å²) in [6, 6.07) is 9.79.